The Morgan fingerprint density at radius 2 is 2.04 bits per heavy atom. The topological polar surface area (TPSA) is 44.1 Å². The standard InChI is InChI=1S/C18H15ClN2O2S/c1-23-16-8-3-2-7-15(16)21-10-9-20-17(18(21)22)24-12-13-5-4-6-14(19)11-13/h2-11H,12H2,1H3. The van der Waals surface area contributed by atoms with Crippen LogP contribution in [-0.2, 0) is 5.75 Å². The zero-order valence-corrected chi connectivity index (χ0v) is 14.6. The van der Waals surface area contributed by atoms with E-state index in [-0.39, 0.29) is 5.56 Å². The van der Waals surface area contributed by atoms with Crippen LogP contribution in [0.4, 0.5) is 0 Å². The van der Waals surface area contributed by atoms with Crippen LogP contribution in [0.2, 0.25) is 5.02 Å². The van der Waals surface area contributed by atoms with E-state index in [4.69, 9.17) is 16.3 Å². The first-order chi connectivity index (χ1) is 11.7. The van der Waals surface area contributed by atoms with Crippen LogP contribution in [0.3, 0.4) is 0 Å². The Kier molecular flexibility index (Phi) is 5.23. The van der Waals surface area contributed by atoms with Crippen molar-refractivity contribution in [3.05, 3.63) is 81.9 Å². The molecule has 0 unspecified atom stereocenters. The number of ether oxygens (including phenoxy) is 1. The monoisotopic (exact) mass is 358 g/mol. The number of aromatic nitrogens is 2. The van der Waals surface area contributed by atoms with E-state index in [0.717, 1.165) is 5.56 Å². The number of rotatable bonds is 5. The molecule has 0 aliphatic carbocycles. The average molecular weight is 359 g/mol. The lowest BCUT2D eigenvalue weighted by Crippen LogP contribution is -2.20. The fourth-order valence-corrected chi connectivity index (χ4v) is 3.34. The molecule has 4 nitrogen and oxygen atoms in total. The van der Waals surface area contributed by atoms with Gasteiger partial charge in [0.15, 0.2) is 5.03 Å². The molecule has 0 fully saturated rings. The molecule has 0 atom stereocenters. The Balaban J connectivity index is 1.90. The lowest BCUT2D eigenvalue weighted by molar-refractivity contribution is 0.412. The van der Waals surface area contributed by atoms with Crippen molar-refractivity contribution in [2.45, 2.75) is 10.8 Å². The Labute approximate surface area is 149 Å². The van der Waals surface area contributed by atoms with Crippen LogP contribution in [0, 0.1) is 0 Å². The molecule has 1 heterocycles. The first kappa shape index (κ1) is 16.6. The van der Waals surface area contributed by atoms with Crippen molar-refractivity contribution in [3.63, 3.8) is 0 Å². The van der Waals surface area contributed by atoms with Crippen LogP contribution >= 0.6 is 23.4 Å². The molecule has 0 aliphatic rings. The maximum Gasteiger partial charge on any atom is 0.287 e. The third-order valence-corrected chi connectivity index (χ3v) is 4.68. The van der Waals surface area contributed by atoms with Crippen LogP contribution in [0.15, 0.2) is 70.7 Å². The summed E-state index contributed by atoms with van der Waals surface area (Å²) in [6, 6.07) is 15.0. The minimum atomic E-state index is -0.172. The summed E-state index contributed by atoms with van der Waals surface area (Å²) in [5, 5.41) is 1.11. The summed E-state index contributed by atoms with van der Waals surface area (Å²) in [5.74, 6) is 1.26. The normalized spacial score (nSPS) is 10.6. The molecule has 24 heavy (non-hydrogen) atoms. The van der Waals surface area contributed by atoms with Crippen molar-refractivity contribution in [2.75, 3.05) is 7.11 Å². The van der Waals surface area contributed by atoms with Gasteiger partial charge in [-0.2, -0.15) is 0 Å². The van der Waals surface area contributed by atoms with Crippen LogP contribution in [0.1, 0.15) is 5.56 Å². The van der Waals surface area contributed by atoms with Gasteiger partial charge in [-0.1, -0.05) is 47.6 Å². The Bertz CT molecular complexity index is 911. The molecular formula is C18H15ClN2O2S. The van der Waals surface area contributed by atoms with Crippen molar-refractivity contribution in [1.82, 2.24) is 9.55 Å². The summed E-state index contributed by atoms with van der Waals surface area (Å²) < 4.78 is 6.88. The van der Waals surface area contributed by atoms with Gasteiger partial charge in [-0.3, -0.25) is 9.36 Å². The van der Waals surface area contributed by atoms with Gasteiger partial charge in [0.1, 0.15) is 5.75 Å². The number of para-hydroxylation sites is 2. The predicted octanol–water partition coefficient (Wildman–Crippen LogP) is 4.19. The van der Waals surface area contributed by atoms with Crippen molar-refractivity contribution in [1.29, 1.82) is 0 Å². The van der Waals surface area contributed by atoms with Gasteiger partial charge < -0.3 is 4.74 Å². The minimum Gasteiger partial charge on any atom is -0.495 e. The second-order valence-corrected chi connectivity index (χ2v) is 6.40. The van der Waals surface area contributed by atoms with Gasteiger partial charge in [0.05, 0.1) is 12.8 Å². The lowest BCUT2D eigenvalue weighted by Gasteiger charge is -2.11. The third kappa shape index (κ3) is 3.63. The highest BCUT2D eigenvalue weighted by Crippen LogP contribution is 2.23. The van der Waals surface area contributed by atoms with Gasteiger partial charge >= 0.3 is 0 Å². The van der Waals surface area contributed by atoms with E-state index in [2.05, 4.69) is 4.98 Å². The zero-order chi connectivity index (χ0) is 16.9. The van der Waals surface area contributed by atoms with E-state index in [1.807, 2.05) is 48.5 Å². The van der Waals surface area contributed by atoms with Gasteiger partial charge in [0.25, 0.3) is 5.56 Å². The Morgan fingerprint density at radius 1 is 1.21 bits per heavy atom. The molecule has 3 aromatic rings. The molecule has 0 saturated heterocycles. The minimum absolute atomic E-state index is 0.172. The van der Waals surface area contributed by atoms with Crippen LogP contribution < -0.4 is 10.3 Å². The fraction of sp³-hybridized carbons (Fsp3) is 0.111. The third-order valence-electron chi connectivity index (χ3n) is 3.42. The fourth-order valence-electron chi connectivity index (χ4n) is 2.29. The highest BCUT2D eigenvalue weighted by atomic mass is 35.5. The predicted molar refractivity (Wildman–Crippen MR) is 97.4 cm³/mol. The largest absolute Gasteiger partial charge is 0.495 e. The zero-order valence-electron chi connectivity index (χ0n) is 13.0. The quantitative estimate of drug-likeness (QED) is 0.641. The van der Waals surface area contributed by atoms with Crippen molar-refractivity contribution in [2.24, 2.45) is 0 Å². The number of methoxy groups -OCH3 is 1. The van der Waals surface area contributed by atoms with Crippen LogP contribution in [0.5, 0.6) is 5.75 Å². The number of benzene rings is 2. The van der Waals surface area contributed by atoms with Crippen LogP contribution in [0.25, 0.3) is 5.69 Å². The number of nitrogens with zero attached hydrogens (tertiary/aromatic N) is 2. The molecule has 3 rings (SSSR count). The number of hydrogen-bond acceptors (Lipinski definition) is 4. The van der Waals surface area contributed by atoms with Gasteiger partial charge in [-0.05, 0) is 29.8 Å². The highest BCUT2D eigenvalue weighted by molar-refractivity contribution is 7.98. The molecule has 6 heteroatoms. The van der Waals surface area contributed by atoms with Gasteiger partial charge in [0.2, 0.25) is 0 Å². The summed E-state index contributed by atoms with van der Waals surface area (Å²) in [6.45, 7) is 0. The smallest absolute Gasteiger partial charge is 0.287 e. The van der Waals surface area contributed by atoms with E-state index < -0.39 is 0 Å². The van der Waals surface area contributed by atoms with Crippen molar-refractivity contribution >= 4 is 23.4 Å². The number of thioether (sulfide) groups is 1. The first-order valence-corrected chi connectivity index (χ1v) is 8.63. The first-order valence-electron chi connectivity index (χ1n) is 7.27. The molecular weight excluding hydrogens is 344 g/mol. The molecule has 2 aromatic carbocycles. The highest BCUT2D eigenvalue weighted by Gasteiger charge is 2.10. The van der Waals surface area contributed by atoms with E-state index in [1.54, 1.807) is 24.1 Å². The lowest BCUT2D eigenvalue weighted by atomic mass is 10.2. The van der Waals surface area contributed by atoms with Crippen molar-refractivity contribution < 1.29 is 4.74 Å². The molecule has 1 aromatic heterocycles. The Morgan fingerprint density at radius 3 is 2.83 bits per heavy atom. The molecule has 0 spiro atoms. The molecule has 0 amide bonds. The van der Waals surface area contributed by atoms with E-state index in [9.17, 15) is 4.79 Å². The molecule has 122 valence electrons. The van der Waals surface area contributed by atoms with Crippen molar-refractivity contribution in [3.8, 4) is 11.4 Å². The second-order valence-electron chi connectivity index (χ2n) is 5.00. The average Bonchev–Trinajstić information content (AvgIpc) is 2.61. The van der Waals surface area contributed by atoms with Gasteiger partial charge in [0, 0.05) is 23.2 Å². The maximum absolute atomic E-state index is 12.7. The summed E-state index contributed by atoms with van der Waals surface area (Å²) in [7, 11) is 1.58. The van der Waals surface area contributed by atoms with E-state index >= 15 is 0 Å². The maximum atomic E-state index is 12.7. The SMILES string of the molecule is COc1ccccc1-n1ccnc(SCc2cccc(Cl)c2)c1=O. The summed E-state index contributed by atoms with van der Waals surface area (Å²) in [4.78, 5) is 16.9. The summed E-state index contributed by atoms with van der Waals surface area (Å²) >= 11 is 7.38. The van der Waals surface area contributed by atoms with E-state index in [0.29, 0.717) is 27.2 Å². The summed E-state index contributed by atoms with van der Waals surface area (Å²) in [5.41, 5.74) is 1.56. The molecule has 0 radical (unpaired) electrons. The number of hydrogen-bond donors (Lipinski definition) is 0. The molecule has 0 aliphatic heterocycles. The van der Waals surface area contributed by atoms with Gasteiger partial charge in [-0.25, -0.2) is 4.98 Å². The molecule has 0 bridgehead atoms. The van der Waals surface area contributed by atoms with E-state index in [1.165, 1.54) is 11.8 Å². The second kappa shape index (κ2) is 7.55. The number of halogens is 1. The van der Waals surface area contributed by atoms with Crippen LogP contribution in [-0.4, -0.2) is 16.7 Å². The Hall–Kier alpha value is -2.24. The molecule has 0 N–H and O–H groups in total. The summed E-state index contributed by atoms with van der Waals surface area (Å²) in [6.07, 6.45) is 3.26. The van der Waals surface area contributed by atoms with Gasteiger partial charge in [-0.15, -0.1) is 0 Å². The molecule has 0 saturated carbocycles.